The minimum Gasteiger partial charge on any atom is -0.313 e. The average Bonchev–Trinajstić information content (AvgIpc) is 3.07. The minimum atomic E-state index is 0.322. The first-order valence-electron chi connectivity index (χ1n) is 11.0. The second-order valence-electron chi connectivity index (χ2n) is 9.19. The Morgan fingerprint density at radius 3 is 1.86 bits per heavy atom. The molecule has 1 saturated carbocycles. The molecule has 1 N–H and O–H groups in total. The maximum atomic E-state index is 4.01. The summed E-state index contributed by atoms with van der Waals surface area (Å²) in [4.78, 5) is 5.35. The van der Waals surface area contributed by atoms with Crippen LogP contribution in [0.25, 0.3) is 0 Å². The zero-order valence-electron chi connectivity index (χ0n) is 17.1. The van der Waals surface area contributed by atoms with Gasteiger partial charge >= 0.3 is 0 Å². The molecule has 2 bridgehead atoms. The van der Waals surface area contributed by atoms with E-state index in [1.165, 1.54) is 56.6 Å². The van der Waals surface area contributed by atoms with Crippen LogP contribution in [0.2, 0.25) is 0 Å². The van der Waals surface area contributed by atoms with Gasteiger partial charge < -0.3 is 10.2 Å². The van der Waals surface area contributed by atoms with E-state index in [-0.39, 0.29) is 0 Å². The standard InChI is InChI=1S/C25H33N3/c1-27-14-16-28(17-15-27)25-12-13-26-24(22(18-25)20-8-4-2-5-9-20)23(19-25)21-10-6-3-7-11-21/h2-11,22-24,26H,12-19H2,1H3. The van der Waals surface area contributed by atoms with Crippen LogP contribution < -0.4 is 5.32 Å². The number of nitrogens with one attached hydrogen (secondary N) is 1. The Kier molecular flexibility index (Phi) is 5.00. The van der Waals surface area contributed by atoms with Crippen LogP contribution in [-0.4, -0.2) is 61.2 Å². The van der Waals surface area contributed by atoms with Crippen LogP contribution in [0.5, 0.6) is 0 Å². The van der Waals surface area contributed by atoms with Gasteiger partial charge in [0, 0.05) is 49.6 Å². The van der Waals surface area contributed by atoms with Gasteiger partial charge in [0.2, 0.25) is 0 Å². The molecule has 1 aliphatic carbocycles. The van der Waals surface area contributed by atoms with Crippen molar-refractivity contribution in [2.75, 3.05) is 39.8 Å². The number of hydrogen-bond acceptors (Lipinski definition) is 3. The molecule has 148 valence electrons. The predicted octanol–water partition coefficient (Wildman–Crippen LogP) is 3.70. The molecule has 0 spiro atoms. The Morgan fingerprint density at radius 2 is 1.32 bits per heavy atom. The van der Waals surface area contributed by atoms with Crippen LogP contribution in [0, 0.1) is 0 Å². The molecule has 4 aliphatic rings. The quantitative estimate of drug-likeness (QED) is 0.883. The molecular weight excluding hydrogens is 342 g/mol. The molecule has 0 amide bonds. The summed E-state index contributed by atoms with van der Waals surface area (Å²) in [6, 6.07) is 23.1. The van der Waals surface area contributed by atoms with E-state index in [0.29, 0.717) is 23.4 Å². The third-order valence-corrected chi connectivity index (χ3v) is 7.67. The first kappa shape index (κ1) is 18.4. The van der Waals surface area contributed by atoms with Gasteiger partial charge in [0.1, 0.15) is 0 Å². The molecule has 3 aliphatic heterocycles. The van der Waals surface area contributed by atoms with Crippen molar-refractivity contribution in [1.29, 1.82) is 0 Å². The fourth-order valence-corrected chi connectivity index (χ4v) is 6.14. The van der Waals surface area contributed by atoms with Crippen molar-refractivity contribution in [3.63, 3.8) is 0 Å². The third-order valence-electron chi connectivity index (χ3n) is 7.67. The van der Waals surface area contributed by atoms with Crippen molar-refractivity contribution >= 4 is 0 Å². The van der Waals surface area contributed by atoms with Crippen LogP contribution >= 0.6 is 0 Å². The highest BCUT2D eigenvalue weighted by Gasteiger charge is 2.51. The number of hydrogen-bond donors (Lipinski definition) is 1. The zero-order valence-corrected chi connectivity index (χ0v) is 17.1. The predicted molar refractivity (Wildman–Crippen MR) is 116 cm³/mol. The summed E-state index contributed by atoms with van der Waals surface area (Å²) in [6.45, 7) is 5.97. The third kappa shape index (κ3) is 3.30. The van der Waals surface area contributed by atoms with Crippen LogP contribution in [0.4, 0.5) is 0 Å². The van der Waals surface area contributed by atoms with Gasteiger partial charge in [-0.1, -0.05) is 60.7 Å². The normalized spacial score (nSPS) is 34.2. The van der Waals surface area contributed by atoms with Crippen molar-refractivity contribution in [2.45, 2.75) is 42.7 Å². The summed E-state index contributed by atoms with van der Waals surface area (Å²) >= 11 is 0. The van der Waals surface area contributed by atoms with Gasteiger partial charge in [0.15, 0.2) is 0 Å². The van der Waals surface area contributed by atoms with Gasteiger partial charge in [-0.05, 0) is 44.0 Å². The van der Waals surface area contributed by atoms with Gasteiger partial charge in [0.25, 0.3) is 0 Å². The largest absolute Gasteiger partial charge is 0.313 e. The fraction of sp³-hybridized carbons (Fsp3) is 0.520. The lowest BCUT2D eigenvalue weighted by Gasteiger charge is -2.53. The molecule has 4 fully saturated rings. The van der Waals surface area contributed by atoms with E-state index in [4.69, 9.17) is 0 Å². The molecule has 3 nitrogen and oxygen atoms in total. The van der Waals surface area contributed by atoms with Gasteiger partial charge in [-0.2, -0.15) is 0 Å². The van der Waals surface area contributed by atoms with Crippen LogP contribution in [-0.2, 0) is 0 Å². The Labute approximate surface area is 169 Å². The Bertz CT molecular complexity index is 717. The summed E-state index contributed by atoms with van der Waals surface area (Å²) in [5, 5.41) is 4.01. The summed E-state index contributed by atoms with van der Waals surface area (Å²) in [5.41, 5.74) is 3.35. The van der Waals surface area contributed by atoms with Crippen molar-refractivity contribution in [1.82, 2.24) is 15.1 Å². The molecule has 2 atom stereocenters. The lowest BCUT2D eigenvalue weighted by atomic mass is 9.63. The second-order valence-corrected chi connectivity index (χ2v) is 9.19. The van der Waals surface area contributed by atoms with E-state index in [0.717, 1.165) is 6.54 Å². The van der Waals surface area contributed by atoms with Gasteiger partial charge in [-0.15, -0.1) is 0 Å². The Hall–Kier alpha value is -1.68. The molecule has 3 heteroatoms. The Balaban J connectivity index is 1.55. The lowest BCUT2D eigenvalue weighted by Crippen LogP contribution is -2.59. The molecule has 3 heterocycles. The van der Waals surface area contributed by atoms with Gasteiger partial charge in [-0.3, -0.25) is 4.90 Å². The monoisotopic (exact) mass is 375 g/mol. The topological polar surface area (TPSA) is 18.5 Å². The van der Waals surface area contributed by atoms with E-state index >= 15 is 0 Å². The van der Waals surface area contributed by atoms with Gasteiger partial charge in [0.05, 0.1) is 0 Å². The van der Waals surface area contributed by atoms with Crippen molar-refractivity contribution < 1.29 is 0 Å². The number of nitrogens with zero attached hydrogens (tertiary/aromatic N) is 2. The molecule has 3 saturated heterocycles. The molecule has 28 heavy (non-hydrogen) atoms. The number of likely N-dealkylation sites (N-methyl/N-ethyl adjacent to an activating group) is 1. The molecule has 2 aromatic rings. The second kappa shape index (κ2) is 7.62. The Morgan fingerprint density at radius 1 is 0.786 bits per heavy atom. The maximum Gasteiger partial charge on any atom is 0.0235 e. The van der Waals surface area contributed by atoms with Crippen molar-refractivity contribution in [3.8, 4) is 0 Å². The summed E-state index contributed by atoms with van der Waals surface area (Å²) < 4.78 is 0. The molecule has 2 aromatic carbocycles. The molecule has 6 rings (SSSR count). The van der Waals surface area contributed by atoms with E-state index in [1.54, 1.807) is 0 Å². The highest BCUT2D eigenvalue weighted by atomic mass is 15.3. The van der Waals surface area contributed by atoms with Crippen molar-refractivity contribution in [2.24, 2.45) is 0 Å². The SMILES string of the molecule is CN1CCN(C23CCNC(C(c4ccccc4)C2)C(c2ccccc2)C3)CC1. The van der Waals surface area contributed by atoms with Crippen LogP contribution in [0.1, 0.15) is 42.2 Å². The fourth-order valence-electron chi connectivity index (χ4n) is 6.14. The minimum absolute atomic E-state index is 0.322. The number of fused-ring (bicyclic) bond motifs is 4. The smallest absolute Gasteiger partial charge is 0.0235 e. The summed E-state index contributed by atoms with van der Waals surface area (Å²) in [7, 11) is 2.26. The lowest BCUT2D eigenvalue weighted by molar-refractivity contribution is 0.00299. The zero-order chi connectivity index (χ0) is 19.0. The molecule has 0 radical (unpaired) electrons. The molecule has 0 aromatic heterocycles. The van der Waals surface area contributed by atoms with E-state index in [2.05, 4.69) is 82.8 Å². The number of rotatable bonds is 3. The van der Waals surface area contributed by atoms with E-state index in [1.807, 2.05) is 0 Å². The molecule has 2 unspecified atom stereocenters. The number of benzene rings is 2. The van der Waals surface area contributed by atoms with Crippen LogP contribution in [0.15, 0.2) is 60.7 Å². The summed E-state index contributed by atoms with van der Waals surface area (Å²) in [6.07, 6.45) is 3.86. The number of piperazine rings is 1. The van der Waals surface area contributed by atoms with Crippen molar-refractivity contribution in [3.05, 3.63) is 71.8 Å². The maximum absolute atomic E-state index is 4.01. The van der Waals surface area contributed by atoms with E-state index in [9.17, 15) is 0 Å². The van der Waals surface area contributed by atoms with E-state index < -0.39 is 0 Å². The van der Waals surface area contributed by atoms with Gasteiger partial charge in [-0.25, -0.2) is 0 Å². The average molecular weight is 376 g/mol. The first-order chi connectivity index (χ1) is 13.8. The highest BCUT2D eigenvalue weighted by molar-refractivity contribution is 5.32. The molecular formula is C25H33N3. The van der Waals surface area contributed by atoms with Crippen LogP contribution in [0.3, 0.4) is 0 Å². The first-order valence-corrected chi connectivity index (χ1v) is 11.0. The highest BCUT2D eigenvalue weighted by Crippen LogP contribution is 2.51. The summed E-state index contributed by atoms with van der Waals surface area (Å²) in [5.74, 6) is 1.17.